The minimum absolute atomic E-state index is 0.0963. The van der Waals surface area contributed by atoms with Gasteiger partial charge >= 0.3 is 5.82 Å². The Morgan fingerprint density at radius 1 is 1.47 bits per heavy atom. The molecular formula is C11H20N4O2. The van der Waals surface area contributed by atoms with E-state index in [4.69, 9.17) is 0 Å². The molecule has 1 aromatic heterocycles. The molecule has 1 rings (SSSR count). The zero-order chi connectivity index (χ0) is 13.2. The number of rotatable bonds is 5. The molecule has 1 unspecified atom stereocenters. The van der Waals surface area contributed by atoms with Gasteiger partial charge in [-0.15, -0.1) is 0 Å². The van der Waals surface area contributed by atoms with Crippen LogP contribution in [0.1, 0.15) is 26.6 Å². The molecule has 1 heterocycles. The van der Waals surface area contributed by atoms with E-state index in [0.717, 1.165) is 0 Å². The van der Waals surface area contributed by atoms with Crippen LogP contribution in [0.3, 0.4) is 0 Å². The second kappa shape index (κ2) is 5.16. The van der Waals surface area contributed by atoms with Crippen molar-refractivity contribution < 1.29 is 4.92 Å². The van der Waals surface area contributed by atoms with E-state index in [9.17, 15) is 10.1 Å². The van der Waals surface area contributed by atoms with Crippen molar-refractivity contribution in [3.63, 3.8) is 0 Å². The maximum Gasteiger partial charge on any atom is 0.406 e. The molecule has 0 fully saturated rings. The molecule has 1 aromatic rings. The summed E-state index contributed by atoms with van der Waals surface area (Å²) in [5.74, 6) is 2.01. The van der Waals surface area contributed by atoms with Gasteiger partial charge < -0.3 is 15.4 Å². The maximum atomic E-state index is 10.9. The molecule has 0 aromatic carbocycles. The molecule has 0 aliphatic heterocycles. The van der Waals surface area contributed by atoms with Gasteiger partial charge in [-0.2, -0.15) is 0 Å². The second-order valence-corrected chi connectivity index (χ2v) is 4.75. The summed E-state index contributed by atoms with van der Waals surface area (Å²) < 4.78 is 1.71. The van der Waals surface area contributed by atoms with Crippen molar-refractivity contribution in [3.05, 3.63) is 15.9 Å². The van der Waals surface area contributed by atoms with Crippen LogP contribution in [0.5, 0.6) is 0 Å². The van der Waals surface area contributed by atoms with E-state index >= 15 is 0 Å². The first-order chi connectivity index (χ1) is 7.84. The van der Waals surface area contributed by atoms with Crippen molar-refractivity contribution in [2.75, 3.05) is 11.9 Å². The molecule has 0 amide bonds. The molecule has 6 heteroatoms. The molecule has 0 aliphatic rings. The lowest BCUT2D eigenvalue weighted by atomic mass is 9.98. The average Bonchev–Trinajstić information content (AvgIpc) is 2.52. The summed E-state index contributed by atoms with van der Waals surface area (Å²) in [5, 5.41) is 14.0. The molecule has 0 bridgehead atoms. The van der Waals surface area contributed by atoms with Crippen molar-refractivity contribution >= 4 is 11.6 Å². The Morgan fingerprint density at radius 2 is 2.06 bits per heavy atom. The fourth-order valence-corrected chi connectivity index (χ4v) is 1.41. The van der Waals surface area contributed by atoms with Gasteiger partial charge in [-0.1, -0.05) is 20.8 Å². The van der Waals surface area contributed by atoms with Crippen LogP contribution in [0, 0.1) is 28.9 Å². The van der Waals surface area contributed by atoms with Crippen LogP contribution in [0.4, 0.5) is 11.6 Å². The summed E-state index contributed by atoms with van der Waals surface area (Å²) in [7, 11) is 1.78. The standard InChI is InChI=1S/C11H20N4O2/c1-7(2)8(3)6-12-10-11(15(16)17)13-9(4)14(10)5/h7-8,12H,6H2,1-5H3. The van der Waals surface area contributed by atoms with Crippen molar-refractivity contribution in [2.24, 2.45) is 18.9 Å². The largest absolute Gasteiger partial charge is 0.406 e. The Kier molecular flexibility index (Phi) is 4.09. The van der Waals surface area contributed by atoms with Gasteiger partial charge in [-0.25, -0.2) is 0 Å². The number of hydrogen-bond acceptors (Lipinski definition) is 4. The minimum Gasteiger partial charge on any atom is -0.364 e. The third kappa shape index (κ3) is 2.95. The van der Waals surface area contributed by atoms with Gasteiger partial charge in [0.2, 0.25) is 11.6 Å². The second-order valence-electron chi connectivity index (χ2n) is 4.75. The summed E-state index contributed by atoms with van der Waals surface area (Å²) in [4.78, 5) is 14.3. The molecule has 0 radical (unpaired) electrons. The fraction of sp³-hybridized carbons (Fsp3) is 0.727. The zero-order valence-electron chi connectivity index (χ0n) is 11.0. The molecule has 0 aliphatic carbocycles. The first kappa shape index (κ1) is 13.5. The van der Waals surface area contributed by atoms with Crippen molar-refractivity contribution in [3.8, 4) is 0 Å². The number of hydrogen-bond donors (Lipinski definition) is 1. The van der Waals surface area contributed by atoms with Gasteiger partial charge in [0.05, 0.1) is 0 Å². The average molecular weight is 240 g/mol. The predicted octanol–water partition coefficient (Wildman–Crippen LogP) is 2.34. The van der Waals surface area contributed by atoms with Gasteiger partial charge in [0.1, 0.15) is 0 Å². The highest BCUT2D eigenvalue weighted by molar-refractivity contribution is 5.53. The monoisotopic (exact) mass is 240 g/mol. The van der Waals surface area contributed by atoms with E-state index < -0.39 is 4.92 Å². The minimum atomic E-state index is -0.449. The summed E-state index contributed by atoms with van der Waals surface area (Å²) in [6, 6.07) is 0. The van der Waals surface area contributed by atoms with E-state index in [1.807, 2.05) is 0 Å². The number of aromatic nitrogens is 2. The summed E-state index contributed by atoms with van der Waals surface area (Å²) >= 11 is 0. The predicted molar refractivity (Wildman–Crippen MR) is 67.1 cm³/mol. The molecule has 0 spiro atoms. The number of aryl methyl sites for hydroxylation is 1. The Hall–Kier alpha value is -1.59. The molecule has 0 saturated heterocycles. The Balaban J connectivity index is 2.86. The van der Waals surface area contributed by atoms with Crippen molar-refractivity contribution in [2.45, 2.75) is 27.7 Å². The Bertz CT molecular complexity index is 412. The van der Waals surface area contributed by atoms with E-state index in [0.29, 0.717) is 30.0 Å². The van der Waals surface area contributed by atoms with Crippen LogP contribution in [-0.4, -0.2) is 21.0 Å². The lowest BCUT2D eigenvalue weighted by Crippen LogP contribution is -2.18. The molecule has 6 nitrogen and oxygen atoms in total. The molecule has 0 saturated carbocycles. The van der Waals surface area contributed by atoms with Crippen LogP contribution in [0.15, 0.2) is 0 Å². The quantitative estimate of drug-likeness (QED) is 0.633. The summed E-state index contributed by atoms with van der Waals surface area (Å²) in [5.41, 5.74) is 0. The van der Waals surface area contributed by atoms with Gasteiger partial charge in [0.15, 0.2) is 0 Å². The highest BCUT2D eigenvalue weighted by Gasteiger charge is 2.23. The first-order valence-corrected chi connectivity index (χ1v) is 5.76. The van der Waals surface area contributed by atoms with Crippen LogP contribution < -0.4 is 5.32 Å². The number of nitrogens with one attached hydrogen (secondary N) is 1. The lowest BCUT2D eigenvalue weighted by Gasteiger charge is -2.16. The topological polar surface area (TPSA) is 73.0 Å². The molecular weight excluding hydrogens is 220 g/mol. The lowest BCUT2D eigenvalue weighted by molar-refractivity contribution is -0.388. The normalized spacial score (nSPS) is 12.8. The first-order valence-electron chi connectivity index (χ1n) is 5.76. The van der Waals surface area contributed by atoms with E-state index in [2.05, 4.69) is 31.1 Å². The fourth-order valence-electron chi connectivity index (χ4n) is 1.41. The zero-order valence-corrected chi connectivity index (χ0v) is 11.0. The number of nitrogens with zero attached hydrogens (tertiary/aromatic N) is 3. The smallest absolute Gasteiger partial charge is 0.364 e. The van der Waals surface area contributed by atoms with Gasteiger partial charge in [0, 0.05) is 20.5 Å². The van der Waals surface area contributed by atoms with E-state index in [1.165, 1.54) is 0 Å². The molecule has 96 valence electrons. The van der Waals surface area contributed by atoms with E-state index in [1.54, 1.807) is 18.5 Å². The maximum absolute atomic E-state index is 10.9. The molecule has 1 atom stereocenters. The van der Waals surface area contributed by atoms with Gasteiger partial charge in [-0.05, 0) is 21.7 Å². The third-order valence-electron chi connectivity index (χ3n) is 3.20. The van der Waals surface area contributed by atoms with Crippen molar-refractivity contribution in [1.82, 2.24) is 9.55 Å². The summed E-state index contributed by atoms with van der Waals surface area (Å²) in [6.45, 7) is 8.85. The highest BCUT2D eigenvalue weighted by atomic mass is 16.6. The third-order valence-corrected chi connectivity index (χ3v) is 3.20. The van der Waals surface area contributed by atoms with Crippen LogP contribution in [-0.2, 0) is 7.05 Å². The van der Waals surface area contributed by atoms with E-state index in [-0.39, 0.29) is 5.82 Å². The summed E-state index contributed by atoms with van der Waals surface area (Å²) in [6.07, 6.45) is 0. The highest BCUT2D eigenvalue weighted by Crippen LogP contribution is 2.24. The van der Waals surface area contributed by atoms with Crippen molar-refractivity contribution in [1.29, 1.82) is 0 Å². The molecule has 17 heavy (non-hydrogen) atoms. The Labute approximate surface area is 101 Å². The van der Waals surface area contributed by atoms with Crippen LogP contribution in [0.25, 0.3) is 0 Å². The number of imidazole rings is 1. The van der Waals surface area contributed by atoms with Crippen LogP contribution in [0.2, 0.25) is 0 Å². The number of anilines is 1. The van der Waals surface area contributed by atoms with Gasteiger partial charge in [0.25, 0.3) is 0 Å². The SMILES string of the molecule is Cc1nc([N+](=O)[O-])c(NCC(C)C(C)C)n1C. The number of nitro groups is 1. The van der Waals surface area contributed by atoms with Gasteiger partial charge in [-0.3, -0.25) is 4.57 Å². The molecule has 1 N–H and O–H groups in total. The van der Waals surface area contributed by atoms with Crippen LogP contribution >= 0.6 is 0 Å². The Morgan fingerprint density at radius 3 is 2.53 bits per heavy atom.